The molecule has 104 valence electrons. The molecule has 2 N–H and O–H groups in total. The van der Waals surface area contributed by atoms with Crippen molar-refractivity contribution in [2.45, 2.75) is 13.0 Å². The highest BCUT2D eigenvalue weighted by Gasteiger charge is 2.23. The molecule has 0 radical (unpaired) electrons. The van der Waals surface area contributed by atoms with E-state index in [2.05, 4.69) is 21.2 Å². The lowest BCUT2D eigenvalue weighted by molar-refractivity contribution is -0.386. The zero-order chi connectivity index (χ0) is 14.6. The molecule has 1 amide bonds. The van der Waals surface area contributed by atoms with E-state index < -0.39 is 16.9 Å². The quantitative estimate of drug-likeness (QED) is 0.629. The van der Waals surface area contributed by atoms with Gasteiger partial charge in [-0.1, -0.05) is 15.9 Å². The Balaban J connectivity index is 3.23. The minimum atomic E-state index is -0.962. The number of ether oxygens (including phenoxy) is 1. The Morgan fingerprint density at radius 3 is 2.74 bits per heavy atom. The average Bonchev–Trinajstić information content (AvgIpc) is 2.35. The molecule has 0 aliphatic rings. The van der Waals surface area contributed by atoms with Crippen LogP contribution in [0.4, 0.5) is 5.69 Å². The number of carbonyl (C=O) groups excluding carboxylic acids is 1. The van der Waals surface area contributed by atoms with E-state index in [1.807, 2.05) is 0 Å². The van der Waals surface area contributed by atoms with E-state index in [9.17, 15) is 20.0 Å². The smallest absolute Gasteiger partial charge is 0.312 e. The van der Waals surface area contributed by atoms with E-state index in [1.54, 1.807) is 0 Å². The maximum absolute atomic E-state index is 11.1. The van der Waals surface area contributed by atoms with Crippen LogP contribution in [0.25, 0.3) is 0 Å². The second kappa shape index (κ2) is 6.48. The van der Waals surface area contributed by atoms with Crippen molar-refractivity contribution in [3.05, 3.63) is 32.3 Å². The van der Waals surface area contributed by atoms with E-state index in [0.717, 1.165) is 0 Å². The maximum Gasteiger partial charge on any atom is 0.312 e. The summed E-state index contributed by atoms with van der Waals surface area (Å²) in [4.78, 5) is 21.5. The number of nitrogens with zero attached hydrogens (tertiary/aromatic N) is 1. The molecule has 0 saturated heterocycles. The lowest BCUT2D eigenvalue weighted by atomic mass is 10.1. The van der Waals surface area contributed by atoms with Crippen LogP contribution in [0.2, 0.25) is 0 Å². The fraction of sp³-hybridized carbons (Fsp3) is 0.364. The molecule has 0 saturated carbocycles. The van der Waals surface area contributed by atoms with Crippen LogP contribution in [0, 0.1) is 10.1 Å². The van der Waals surface area contributed by atoms with Crippen LogP contribution in [0.15, 0.2) is 16.6 Å². The number of amides is 1. The molecule has 0 fully saturated rings. The lowest BCUT2D eigenvalue weighted by Crippen LogP contribution is -2.25. The standard InChI is InChI=1S/C11H13BrN2O5/c1-6(15)8-3-7(12)4-9(14(17)18)11(8)19-5-10(16)13-2/h3-4,6,15H,5H2,1-2H3,(H,13,16)/t6-/m1/s1. The number of aliphatic hydroxyl groups excluding tert-OH is 1. The number of carbonyl (C=O) groups is 1. The van der Waals surface area contributed by atoms with Gasteiger partial charge in [0.25, 0.3) is 5.91 Å². The number of nitro benzene ring substituents is 1. The van der Waals surface area contributed by atoms with Crippen LogP contribution in [0.5, 0.6) is 5.75 Å². The van der Waals surface area contributed by atoms with Gasteiger partial charge in [0.1, 0.15) is 0 Å². The van der Waals surface area contributed by atoms with E-state index in [-0.39, 0.29) is 23.6 Å². The van der Waals surface area contributed by atoms with Crippen LogP contribution >= 0.6 is 15.9 Å². The third-order valence-electron chi connectivity index (χ3n) is 2.34. The summed E-state index contributed by atoms with van der Waals surface area (Å²) in [7, 11) is 1.43. The molecule has 0 aromatic heterocycles. The van der Waals surface area contributed by atoms with Gasteiger partial charge in [0.05, 0.1) is 11.0 Å². The van der Waals surface area contributed by atoms with Crippen molar-refractivity contribution < 1.29 is 19.6 Å². The molecule has 1 aromatic carbocycles. The topological polar surface area (TPSA) is 102 Å². The molecule has 0 bridgehead atoms. The number of aliphatic hydroxyl groups is 1. The molecule has 19 heavy (non-hydrogen) atoms. The summed E-state index contributed by atoms with van der Waals surface area (Å²) in [5, 5.41) is 23.0. The fourth-order valence-corrected chi connectivity index (χ4v) is 1.88. The molecule has 0 heterocycles. The van der Waals surface area contributed by atoms with Crippen molar-refractivity contribution in [3.8, 4) is 5.75 Å². The molecule has 0 aliphatic carbocycles. The zero-order valence-corrected chi connectivity index (χ0v) is 11.9. The first kappa shape index (κ1) is 15.4. The first-order chi connectivity index (χ1) is 8.86. The molecule has 0 spiro atoms. The van der Waals surface area contributed by atoms with Crippen molar-refractivity contribution >= 4 is 27.5 Å². The molecule has 7 nitrogen and oxygen atoms in total. The molecule has 1 atom stereocenters. The number of nitrogens with one attached hydrogen (secondary N) is 1. The summed E-state index contributed by atoms with van der Waals surface area (Å²) in [5.74, 6) is -0.527. The number of hydrogen-bond donors (Lipinski definition) is 2. The monoisotopic (exact) mass is 332 g/mol. The normalized spacial score (nSPS) is 11.8. The van der Waals surface area contributed by atoms with Gasteiger partial charge in [-0.15, -0.1) is 0 Å². The van der Waals surface area contributed by atoms with Crippen LogP contribution in [0.3, 0.4) is 0 Å². The summed E-state index contributed by atoms with van der Waals surface area (Å²) < 4.78 is 5.61. The Morgan fingerprint density at radius 2 is 2.26 bits per heavy atom. The van der Waals surface area contributed by atoms with Gasteiger partial charge in [-0.25, -0.2) is 0 Å². The van der Waals surface area contributed by atoms with E-state index >= 15 is 0 Å². The SMILES string of the molecule is CNC(=O)COc1c([C@@H](C)O)cc(Br)cc1[N+](=O)[O-]. The van der Waals surface area contributed by atoms with Gasteiger partial charge in [-0.05, 0) is 13.0 Å². The zero-order valence-electron chi connectivity index (χ0n) is 10.3. The summed E-state index contributed by atoms with van der Waals surface area (Å²) in [6.07, 6.45) is -0.962. The minimum absolute atomic E-state index is 0.105. The summed E-state index contributed by atoms with van der Waals surface area (Å²) in [6.45, 7) is 1.09. The van der Waals surface area contributed by atoms with Gasteiger partial charge in [0.15, 0.2) is 6.61 Å². The van der Waals surface area contributed by atoms with Crippen molar-refractivity contribution in [2.24, 2.45) is 0 Å². The van der Waals surface area contributed by atoms with Crippen LogP contribution in [0.1, 0.15) is 18.6 Å². The molecule has 1 aromatic rings. The third-order valence-corrected chi connectivity index (χ3v) is 2.79. The van der Waals surface area contributed by atoms with Crippen LogP contribution in [-0.4, -0.2) is 29.6 Å². The summed E-state index contributed by atoms with van der Waals surface area (Å²) >= 11 is 3.13. The van der Waals surface area contributed by atoms with E-state index in [1.165, 1.54) is 26.1 Å². The maximum atomic E-state index is 11.1. The largest absolute Gasteiger partial charge is 0.476 e. The first-order valence-electron chi connectivity index (χ1n) is 5.36. The van der Waals surface area contributed by atoms with Crippen molar-refractivity contribution in [2.75, 3.05) is 13.7 Å². The predicted octanol–water partition coefficient (Wildman–Crippen LogP) is 1.54. The molecular formula is C11H13BrN2O5. The van der Waals surface area contributed by atoms with Crippen molar-refractivity contribution in [1.82, 2.24) is 5.32 Å². The third kappa shape index (κ3) is 3.90. The van der Waals surface area contributed by atoms with Gasteiger partial charge < -0.3 is 15.2 Å². The van der Waals surface area contributed by atoms with Gasteiger partial charge in [-0.3, -0.25) is 14.9 Å². The first-order valence-corrected chi connectivity index (χ1v) is 6.15. The second-order valence-electron chi connectivity index (χ2n) is 3.74. The summed E-state index contributed by atoms with van der Waals surface area (Å²) in [6, 6.07) is 2.77. The van der Waals surface area contributed by atoms with Gasteiger partial charge >= 0.3 is 5.69 Å². The number of likely N-dealkylation sites (N-methyl/N-ethyl adjacent to an activating group) is 1. The number of hydrogen-bond acceptors (Lipinski definition) is 5. The fourth-order valence-electron chi connectivity index (χ4n) is 1.41. The minimum Gasteiger partial charge on any atom is -0.476 e. The number of nitro groups is 1. The second-order valence-corrected chi connectivity index (χ2v) is 4.65. The molecular weight excluding hydrogens is 320 g/mol. The Kier molecular flexibility index (Phi) is 5.25. The van der Waals surface area contributed by atoms with Gasteiger partial charge in [-0.2, -0.15) is 0 Å². The highest BCUT2D eigenvalue weighted by Crippen LogP contribution is 2.37. The van der Waals surface area contributed by atoms with Crippen LogP contribution < -0.4 is 10.1 Å². The molecule has 0 unspecified atom stereocenters. The molecule has 0 aliphatic heterocycles. The Morgan fingerprint density at radius 1 is 1.63 bits per heavy atom. The highest BCUT2D eigenvalue weighted by molar-refractivity contribution is 9.10. The Labute approximate surface area is 117 Å². The predicted molar refractivity (Wildman–Crippen MR) is 71.0 cm³/mol. The number of halogens is 1. The number of rotatable bonds is 5. The van der Waals surface area contributed by atoms with Crippen LogP contribution in [-0.2, 0) is 4.79 Å². The van der Waals surface area contributed by atoms with Crippen molar-refractivity contribution in [3.63, 3.8) is 0 Å². The number of benzene rings is 1. The van der Waals surface area contributed by atoms with E-state index in [0.29, 0.717) is 4.47 Å². The highest BCUT2D eigenvalue weighted by atomic mass is 79.9. The molecule has 1 rings (SSSR count). The Bertz CT molecular complexity index is 504. The van der Waals surface area contributed by atoms with Crippen molar-refractivity contribution in [1.29, 1.82) is 0 Å². The van der Waals surface area contributed by atoms with Gasteiger partial charge in [0.2, 0.25) is 5.75 Å². The van der Waals surface area contributed by atoms with E-state index in [4.69, 9.17) is 4.74 Å². The van der Waals surface area contributed by atoms with Gasteiger partial charge in [0, 0.05) is 23.2 Å². The summed E-state index contributed by atoms with van der Waals surface area (Å²) in [5.41, 5.74) is -0.0702. The average molecular weight is 333 g/mol. The molecule has 8 heteroatoms. The lowest BCUT2D eigenvalue weighted by Gasteiger charge is -2.13. The Hall–Kier alpha value is -1.67.